The van der Waals surface area contributed by atoms with E-state index in [1.807, 2.05) is 61.5 Å². The Morgan fingerprint density at radius 1 is 1.18 bits per heavy atom. The number of nitrogens with zero attached hydrogens (tertiary/aromatic N) is 2. The lowest BCUT2D eigenvalue weighted by molar-refractivity contribution is 0.102. The Morgan fingerprint density at radius 3 is 2.70 bits per heavy atom. The van der Waals surface area contributed by atoms with Gasteiger partial charge in [0.1, 0.15) is 11.1 Å². The van der Waals surface area contributed by atoms with Crippen LogP contribution in [-0.2, 0) is 12.8 Å². The number of rotatable bonds is 4. The van der Waals surface area contributed by atoms with Crippen LogP contribution >= 0.6 is 11.3 Å². The first-order valence-corrected chi connectivity index (χ1v) is 12.2. The molecule has 1 aliphatic carbocycles. The number of nitriles is 1. The lowest BCUT2D eigenvalue weighted by atomic mass is 9.86. The third-order valence-electron chi connectivity index (χ3n) is 6.69. The van der Waals surface area contributed by atoms with Crippen molar-refractivity contribution >= 4 is 33.1 Å². The summed E-state index contributed by atoms with van der Waals surface area (Å²) in [5.74, 6) is 0.469. The van der Waals surface area contributed by atoms with Crippen molar-refractivity contribution in [3.63, 3.8) is 0 Å². The summed E-state index contributed by atoms with van der Waals surface area (Å²) in [5.41, 5.74) is 5.77. The molecule has 0 fully saturated rings. The first-order valence-electron chi connectivity index (χ1n) is 11.4. The van der Waals surface area contributed by atoms with Gasteiger partial charge in [0.05, 0.1) is 22.3 Å². The van der Waals surface area contributed by atoms with Gasteiger partial charge in [0.2, 0.25) is 0 Å². The number of thiophene rings is 1. The van der Waals surface area contributed by atoms with Gasteiger partial charge in [-0.1, -0.05) is 61.9 Å². The van der Waals surface area contributed by atoms with Crippen molar-refractivity contribution in [1.29, 1.82) is 5.26 Å². The maximum absolute atomic E-state index is 13.7. The zero-order valence-electron chi connectivity index (χ0n) is 18.8. The van der Waals surface area contributed by atoms with Crippen LogP contribution in [0.3, 0.4) is 0 Å². The lowest BCUT2D eigenvalue weighted by Crippen LogP contribution is -2.15. The van der Waals surface area contributed by atoms with E-state index in [4.69, 9.17) is 4.98 Å². The molecule has 0 bridgehead atoms. The van der Waals surface area contributed by atoms with Gasteiger partial charge in [-0.05, 0) is 49.3 Å². The molecule has 0 saturated heterocycles. The zero-order valence-corrected chi connectivity index (χ0v) is 19.6. The molecule has 4 nitrogen and oxygen atoms in total. The van der Waals surface area contributed by atoms with Gasteiger partial charge in [0.25, 0.3) is 5.91 Å². The van der Waals surface area contributed by atoms with Gasteiger partial charge in [-0.15, -0.1) is 11.3 Å². The van der Waals surface area contributed by atoms with Gasteiger partial charge in [-0.2, -0.15) is 5.26 Å². The third-order valence-corrected chi connectivity index (χ3v) is 7.86. The first-order chi connectivity index (χ1) is 16.1. The highest BCUT2D eigenvalue weighted by Gasteiger charge is 2.27. The Morgan fingerprint density at radius 2 is 1.94 bits per heavy atom. The third kappa shape index (κ3) is 3.81. The maximum atomic E-state index is 13.7. The van der Waals surface area contributed by atoms with E-state index in [1.54, 1.807) is 11.3 Å². The molecule has 1 amide bonds. The number of pyridine rings is 1. The van der Waals surface area contributed by atoms with Crippen molar-refractivity contribution in [2.45, 2.75) is 39.5 Å². The monoisotopic (exact) mass is 451 g/mol. The number of benzene rings is 2. The molecule has 0 aliphatic heterocycles. The molecule has 1 aliphatic rings. The van der Waals surface area contributed by atoms with Gasteiger partial charge < -0.3 is 5.32 Å². The summed E-state index contributed by atoms with van der Waals surface area (Å²) < 4.78 is 0. The summed E-state index contributed by atoms with van der Waals surface area (Å²) in [6.07, 6.45) is 4.16. The van der Waals surface area contributed by atoms with Crippen LogP contribution in [0.25, 0.3) is 22.2 Å². The van der Waals surface area contributed by atoms with E-state index in [0.29, 0.717) is 22.0 Å². The number of hydrogen-bond donors (Lipinski definition) is 1. The minimum atomic E-state index is -0.189. The van der Waals surface area contributed by atoms with Crippen LogP contribution < -0.4 is 5.32 Å². The predicted molar refractivity (Wildman–Crippen MR) is 135 cm³/mol. The van der Waals surface area contributed by atoms with Gasteiger partial charge in [-0.3, -0.25) is 4.79 Å². The number of aromatic nitrogens is 1. The molecule has 4 aromatic rings. The van der Waals surface area contributed by atoms with Crippen LogP contribution in [0, 0.1) is 24.2 Å². The average Bonchev–Trinajstić information content (AvgIpc) is 3.19. The second-order valence-corrected chi connectivity index (χ2v) is 9.74. The standard InChI is InChI=1S/C28H25N3OS/c1-3-18-13-14-20-22(16-29)28(33-24(20)15-18)31-27(32)25-17(2)26(19-9-5-4-6-10-19)30-23-12-8-7-11-21(23)25/h4-12,18H,3,13-15H2,1-2H3,(H,31,32). The fourth-order valence-corrected chi connectivity index (χ4v) is 6.16. The fourth-order valence-electron chi connectivity index (χ4n) is 4.85. The normalized spacial score (nSPS) is 15.1. The number of hydrogen-bond acceptors (Lipinski definition) is 4. The Balaban J connectivity index is 1.60. The highest BCUT2D eigenvalue weighted by atomic mass is 32.1. The number of amides is 1. The molecule has 0 spiro atoms. The highest BCUT2D eigenvalue weighted by molar-refractivity contribution is 7.16. The molecule has 33 heavy (non-hydrogen) atoms. The predicted octanol–water partition coefficient (Wildman–Crippen LogP) is 6.91. The molecule has 164 valence electrons. The molecule has 2 heterocycles. The molecule has 1 unspecified atom stereocenters. The summed E-state index contributed by atoms with van der Waals surface area (Å²) >= 11 is 1.57. The van der Waals surface area contributed by atoms with Gasteiger partial charge in [-0.25, -0.2) is 4.98 Å². The van der Waals surface area contributed by atoms with E-state index in [-0.39, 0.29) is 5.91 Å². The zero-order chi connectivity index (χ0) is 22.9. The van der Waals surface area contributed by atoms with Crippen molar-refractivity contribution in [3.05, 3.63) is 81.7 Å². The summed E-state index contributed by atoms with van der Waals surface area (Å²) in [6.45, 7) is 4.17. The quantitative estimate of drug-likeness (QED) is 0.366. The largest absolute Gasteiger partial charge is 0.312 e. The van der Waals surface area contributed by atoms with Crippen LogP contribution in [-0.4, -0.2) is 10.9 Å². The van der Waals surface area contributed by atoms with Crippen molar-refractivity contribution < 1.29 is 4.79 Å². The molecular weight excluding hydrogens is 426 g/mol. The molecule has 0 radical (unpaired) electrons. The van der Waals surface area contributed by atoms with E-state index < -0.39 is 0 Å². The van der Waals surface area contributed by atoms with Crippen LogP contribution in [0.4, 0.5) is 5.00 Å². The van der Waals surface area contributed by atoms with Crippen molar-refractivity contribution in [3.8, 4) is 17.3 Å². The summed E-state index contributed by atoms with van der Waals surface area (Å²) in [4.78, 5) is 19.8. The SMILES string of the molecule is CCC1CCc2c(sc(NC(=O)c3c(C)c(-c4ccccc4)nc4ccccc34)c2C#N)C1. The number of carbonyl (C=O) groups excluding carboxylic acids is 1. The topological polar surface area (TPSA) is 65.8 Å². The number of para-hydroxylation sites is 1. The van der Waals surface area contributed by atoms with Gasteiger partial charge in [0, 0.05) is 15.8 Å². The summed E-state index contributed by atoms with van der Waals surface area (Å²) in [5, 5.41) is 14.5. The molecule has 2 aromatic heterocycles. The summed E-state index contributed by atoms with van der Waals surface area (Å²) in [7, 11) is 0. The van der Waals surface area contributed by atoms with Crippen molar-refractivity contribution in [1.82, 2.24) is 4.98 Å². The van der Waals surface area contributed by atoms with Crippen LogP contribution in [0.15, 0.2) is 54.6 Å². The van der Waals surface area contributed by atoms with Gasteiger partial charge in [0.15, 0.2) is 0 Å². The molecule has 0 saturated carbocycles. The number of carbonyl (C=O) groups is 1. The van der Waals surface area contributed by atoms with Crippen LogP contribution in [0.5, 0.6) is 0 Å². The summed E-state index contributed by atoms with van der Waals surface area (Å²) in [6, 6.07) is 20.1. The minimum Gasteiger partial charge on any atom is -0.312 e. The maximum Gasteiger partial charge on any atom is 0.257 e. The average molecular weight is 452 g/mol. The highest BCUT2D eigenvalue weighted by Crippen LogP contribution is 2.40. The smallest absolute Gasteiger partial charge is 0.257 e. The van der Waals surface area contributed by atoms with Crippen molar-refractivity contribution in [2.24, 2.45) is 5.92 Å². The van der Waals surface area contributed by atoms with Crippen molar-refractivity contribution in [2.75, 3.05) is 5.32 Å². The Kier molecular flexibility index (Phi) is 5.70. The molecule has 2 aromatic carbocycles. The number of fused-ring (bicyclic) bond motifs is 2. The Bertz CT molecular complexity index is 1400. The Hall–Kier alpha value is -3.49. The lowest BCUT2D eigenvalue weighted by Gasteiger charge is -2.20. The number of anilines is 1. The minimum absolute atomic E-state index is 0.189. The van der Waals surface area contributed by atoms with E-state index in [1.165, 1.54) is 4.88 Å². The van der Waals surface area contributed by atoms with E-state index in [2.05, 4.69) is 18.3 Å². The van der Waals surface area contributed by atoms with E-state index >= 15 is 0 Å². The molecule has 1 atom stereocenters. The first kappa shape index (κ1) is 21.4. The molecule has 1 N–H and O–H groups in total. The molecule has 5 rings (SSSR count). The van der Waals surface area contributed by atoms with Crippen LogP contribution in [0.2, 0.25) is 0 Å². The van der Waals surface area contributed by atoms with Gasteiger partial charge >= 0.3 is 0 Å². The van der Waals surface area contributed by atoms with E-state index in [9.17, 15) is 10.1 Å². The second-order valence-electron chi connectivity index (χ2n) is 8.63. The van der Waals surface area contributed by atoms with Crippen LogP contribution in [0.1, 0.15) is 51.7 Å². The second kappa shape index (κ2) is 8.80. The molecule has 5 heteroatoms. The fraction of sp³-hybridized carbons (Fsp3) is 0.250. The van der Waals surface area contributed by atoms with E-state index in [0.717, 1.165) is 59.0 Å². The molecular formula is C28H25N3OS. The Labute approximate surface area is 197 Å². The number of nitrogens with one attached hydrogen (secondary N) is 1.